The predicted octanol–water partition coefficient (Wildman–Crippen LogP) is 5.44. The van der Waals surface area contributed by atoms with Crippen molar-refractivity contribution in [2.75, 3.05) is 0 Å². The molecule has 0 fully saturated rings. The summed E-state index contributed by atoms with van der Waals surface area (Å²) in [5.41, 5.74) is 0.517. The molecule has 1 aromatic heterocycles. The molecule has 1 aromatic carbocycles. The van der Waals surface area contributed by atoms with Crippen LogP contribution in [0.1, 0.15) is 35.8 Å². The van der Waals surface area contributed by atoms with Crippen LogP contribution in [0, 0.1) is 6.92 Å². The first-order valence-corrected chi connectivity index (χ1v) is 6.69. The van der Waals surface area contributed by atoms with E-state index in [-0.39, 0.29) is 0 Å². The molecule has 0 bridgehead atoms. The van der Waals surface area contributed by atoms with E-state index in [0.717, 1.165) is 41.2 Å². The molecule has 2 rings (SSSR count). The van der Waals surface area contributed by atoms with E-state index in [4.69, 9.17) is 0 Å². The fourth-order valence-corrected chi connectivity index (χ4v) is 3.09. The van der Waals surface area contributed by atoms with Gasteiger partial charge in [-0.1, -0.05) is 19.4 Å². The van der Waals surface area contributed by atoms with Crippen molar-refractivity contribution >= 4 is 21.4 Å². The largest absolute Gasteiger partial charge is 0.416 e. The van der Waals surface area contributed by atoms with Gasteiger partial charge in [0.15, 0.2) is 0 Å². The van der Waals surface area contributed by atoms with Gasteiger partial charge in [-0.25, -0.2) is 0 Å². The monoisotopic (exact) mass is 271 g/mol. The molecule has 0 N–H and O–H groups in total. The lowest BCUT2D eigenvalue weighted by molar-refractivity contribution is -0.137. The topological polar surface area (TPSA) is 0 Å². The lowest BCUT2D eigenvalue weighted by atomic mass is 10.0. The highest BCUT2D eigenvalue weighted by Crippen LogP contribution is 2.37. The van der Waals surface area contributed by atoms with E-state index in [1.54, 1.807) is 6.07 Å². The molecule has 97 valence electrons. The van der Waals surface area contributed by atoms with Gasteiger partial charge in [-0.15, -0.1) is 11.3 Å². The second kappa shape index (κ2) is 4.92. The molecule has 0 aliphatic heterocycles. The summed E-state index contributed by atoms with van der Waals surface area (Å²) in [5, 5.41) is 0.923. The summed E-state index contributed by atoms with van der Waals surface area (Å²) >= 11 is 1.35. The Labute approximate surface area is 108 Å². The molecule has 18 heavy (non-hydrogen) atoms. The maximum absolute atomic E-state index is 12.6. The van der Waals surface area contributed by atoms with Crippen LogP contribution in [0.25, 0.3) is 10.1 Å². The van der Waals surface area contributed by atoms with Gasteiger partial charge in [-0.2, -0.15) is 13.2 Å². The minimum atomic E-state index is -4.27. The van der Waals surface area contributed by atoms with E-state index in [0.29, 0.717) is 4.70 Å². The van der Waals surface area contributed by atoms with Gasteiger partial charge in [-0.05, 0) is 42.8 Å². The van der Waals surface area contributed by atoms with Crippen LogP contribution in [0.5, 0.6) is 0 Å². The Bertz CT molecular complexity index is 552. The number of rotatable bonds is 3. The Morgan fingerprint density at radius 2 is 2.00 bits per heavy atom. The van der Waals surface area contributed by atoms with Gasteiger partial charge in [0.25, 0.3) is 0 Å². The second-order valence-electron chi connectivity index (χ2n) is 4.32. The molecule has 0 spiro atoms. The molecular weight excluding hydrogens is 257 g/mol. The quantitative estimate of drug-likeness (QED) is 0.696. The van der Waals surface area contributed by atoms with E-state index >= 15 is 0 Å². The summed E-state index contributed by atoms with van der Waals surface area (Å²) in [6, 6.07) is 3.96. The van der Waals surface area contributed by atoms with Crippen molar-refractivity contribution in [3.63, 3.8) is 0 Å². The summed E-state index contributed by atoms with van der Waals surface area (Å²) in [6.45, 7) is 6.04. The Kier molecular flexibility index (Phi) is 3.66. The lowest BCUT2D eigenvalue weighted by Gasteiger charge is -2.06. The summed E-state index contributed by atoms with van der Waals surface area (Å²) in [7, 11) is 0. The number of benzene rings is 1. The third-order valence-corrected chi connectivity index (χ3v) is 4.03. The fourth-order valence-electron chi connectivity index (χ4n) is 2.00. The Morgan fingerprint density at radius 3 is 2.61 bits per heavy atom. The van der Waals surface area contributed by atoms with Crippen molar-refractivity contribution < 1.29 is 13.2 Å². The van der Waals surface area contributed by atoms with Gasteiger partial charge in [0.05, 0.1) is 5.56 Å². The highest BCUT2D eigenvalue weighted by molar-refractivity contribution is 7.19. The number of aryl methyl sites for hydroxylation is 1. The summed E-state index contributed by atoms with van der Waals surface area (Å²) in [4.78, 5) is 0.887. The molecule has 0 aliphatic rings. The highest BCUT2D eigenvalue weighted by Gasteiger charge is 2.30. The van der Waals surface area contributed by atoms with Crippen LogP contribution < -0.4 is 0 Å². The number of hydrogen-bond acceptors (Lipinski definition) is 1. The van der Waals surface area contributed by atoms with Crippen LogP contribution in [0.3, 0.4) is 0 Å². The Hall–Kier alpha value is -1.03. The first-order valence-electron chi connectivity index (χ1n) is 5.88. The van der Waals surface area contributed by atoms with E-state index < -0.39 is 11.7 Å². The zero-order valence-corrected chi connectivity index (χ0v) is 10.9. The number of thiophene rings is 1. The first kappa shape index (κ1) is 13.4. The zero-order chi connectivity index (χ0) is 13.3. The van der Waals surface area contributed by atoms with Crippen LogP contribution in [0.2, 0.25) is 0 Å². The molecule has 0 atom stereocenters. The molecule has 1 heterocycles. The van der Waals surface area contributed by atoms with Gasteiger partial charge in [0.2, 0.25) is 0 Å². The average molecular weight is 271 g/mol. The number of unbranched alkanes of at least 4 members (excludes halogenated alkanes) is 1. The van der Waals surface area contributed by atoms with Crippen molar-refractivity contribution in [1.82, 2.24) is 0 Å². The van der Waals surface area contributed by atoms with E-state index in [1.165, 1.54) is 17.4 Å². The smallest absolute Gasteiger partial charge is 0.166 e. The number of fused-ring (bicyclic) bond motifs is 1. The molecule has 0 nitrogen and oxygen atoms in total. The molecule has 0 saturated heterocycles. The minimum Gasteiger partial charge on any atom is -0.166 e. The van der Waals surface area contributed by atoms with Crippen LogP contribution in [0.4, 0.5) is 13.2 Å². The standard InChI is InChI=1S/C14H14F3S/c1-3-4-5-11-9(2)18-13-8-10(14(15,16)17)6-7-12(11)13/h6-8H,2-5H2,1H3. The molecule has 0 aliphatic carbocycles. The maximum atomic E-state index is 12.6. The number of hydrogen-bond donors (Lipinski definition) is 0. The second-order valence-corrected chi connectivity index (χ2v) is 5.45. The highest BCUT2D eigenvalue weighted by atomic mass is 32.1. The Morgan fingerprint density at radius 1 is 1.28 bits per heavy atom. The van der Waals surface area contributed by atoms with Gasteiger partial charge in [0.1, 0.15) is 0 Å². The zero-order valence-electron chi connectivity index (χ0n) is 10.1. The molecule has 1 radical (unpaired) electrons. The van der Waals surface area contributed by atoms with E-state index in [9.17, 15) is 13.2 Å². The van der Waals surface area contributed by atoms with E-state index in [2.05, 4.69) is 13.8 Å². The number of halogens is 3. The number of alkyl halides is 3. The van der Waals surface area contributed by atoms with E-state index in [1.807, 2.05) is 0 Å². The van der Waals surface area contributed by atoms with Crippen LogP contribution in [-0.2, 0) is 12.6 Å². The van der Waals surface area contributed by atoms with Crippen LogP contribution in [0.15, 0.2) is 18.2 Å². The SMILES string of the molecule is [CH2]c1sc2cc(C(F)(F)F)ccc2c1CCCC. The third-order valence-electron chi connectivity index (χ3n) is 2.98. The van der Waals surface area contributed by atoms with Gasteiger partial charge in [-0.3, -0.25) is 0 Å². The van der Waals surface area contributed by atoms with Crippen molar-refractivity contribution in [2.24, 2.45) is 0 Å². The summed E-state index contributed by atoms with van der Waals surface area (Å²) < 4.78 is 38.5. The lowest BCUT2D eigenvalue weighted by Crippen LogP contribution is -2.03. The van der Waals surface area contributed by atoms with Crippen molar-refractivity contribution in [3.05, 3.63) is 41.1 Å². The molecule has 0 unspecified atom stereocenters. The molecule has 4 heteroatoms. The predicted molar refractivity (Wildman–Crippen MR) is 69.9 cm³/mol. The van der Waals surface area contributed by atoms with Gasteiger partial charge in [0, 0.05) is 9.58 Å². The average Bonchev–Trinajstić information content (AvgIpc) is 2.60. The van der Waals surface area contributed by atoms with Crippen molar-refractivity contribution in [2.45, 2.75) is 32.4 Å². The normalized spacial score (nSPS) is 12.3. The van der Waals surface area contributed by atoms with Gasteiger partial charge >= 0.3 is 6.18 Å². The summed E-state index contributed by atoms with van der Waals surface area (Å²) in [6.07, 6.45) is -1.28. The molecule has 2 aromatic rings. The molecule has 0 amide bonds. The minimum absolute atomic E-state index is 0.585. The van der Waals surface area contributed by atoms with Crippen molar-refractivity contribution in [1.29, 1.82) is 0 Å². The van der Waals surface area contributed by atoms with Crippen molar-refractivity contribution in [3.8, 4) is 0 Å². The first-order chi connectivity index (χ1) is 8.43. The Balaban J connectivity index is 2.48. The van der Waals surface area contributed by atoms with Crippen LogP contribution >= 0.6 is 11.3 Å². The molecule has 0 saturated carbocycles. The fraction of sp³-hybridized carbons (Fsp3) is 0.357. The third kappa shape index (κ3) is 2.53. The van der Waals surface area contributed by atoms with Gasteiger partial charge < -0.3 is 0 Å². The maximum Gasteiger partial charge on any atom is 0.416 e. The summed E-state index contributed by atoms with van der Waals surface area (Å²) in [5.74, 6) is 0. The van der Waals surface area contributed by atoms with Crippen LogP contribution in [-0.4, -0.2) is 0 Å². The molecular formula is C14H14F3S.